The van der Waals surface area contributed by atoms with Crippen LogP contribution < -0.4 is 0 Å². The number of esters is 2. The normalized spacial score (nSPS) is 21.7. The van der Waals surface area contributed by atoms with Crippen LogP contribution in [0.1, 0.15) is 181 Å². The van der Waals surface area contributed by atoms with Gasteiger partial charge in [0, 0.05) is 12.8 Å². The number of phosphoric ester groups is 3. The molecule has 1 fully saturated rings. The molecule has 0 aliphatic heterocycles. The molecule has 0 heterocycles. The van der Waals surface area contributed by atoms with Gasteiger partial charge in [-0.05, 0) is 77.0 Å². The van der Waals surface area contributed by atoms with Gasteiger partial charge in [-0.3, -0.25) is 27.7 Å². The number of rotatable bonds is 42. The number of carbonyl (C=O) groups is 2. The molecule has 8 N–H and O–H groups in total. The number of carbonyl (C=O) groups excluding carboxylic acids is 2. The Labute approximate surface area is 410 Å². The number of phosphoric acid groups is 3. The minimum atomic E-state index is -5.61. The second-order valence-electron chi connectivity index (χ2n) is 17.4. The molecule has 1 aliphatic rings. The number of allylic oxidation sites excluding steroid dienone is 8. The Morgan fingerprint density at radius 2 is 0.841 bits per heavy atom. The fourth-order valence-corrected chi connectivity index (χ4v) is 9.44. The quantitative estimate of drug-likeness (QED) is 0.0122. The summed E-state index contributed by atoms with van der Waals surface area (Å²) in [5.74, 6) is -1.33. The monoisotopic (exact) mass is 1050 g/mol. The Hall–Kier alpha value is -1.89. The largest absolute Gasteiger partial charge is 0.472 e. The highest BCUT2D eigenvalue weighted by Gasteiger charge is 2.56. The maximum absolute atomic E-state index is 13.1. The lowest BCUT2D eigenvalue weighted by molar-refractivity contribution is -0.213. The Balaban J connectivity index is 2.73. The Kier molecular flexibility index (Phi) is 36.5. The molecule has 0 aromatic rings. The number of aliphatic hydroxyl groups excluding tert-OH is 3. The maximum atomic E-state index is 13.1. The first-order chi connectivity index (χ1) is 32.8. The first-order valence-corrected chi connectivity index (χ1v) is 29.5. The number of ether oxygens (including phenoxy) is 2. The van der Waals surface area contributed by atoms with E-state index >= 15 is 0 Å². The molecule has 19 nitrogen and oxygen atoms in total. The van der Waals surface area contributed by atoms with Crippen molar-refractivity contribution in [2.45, 2.75) is 224 Å². The first kappa shape index (κ1) is 65.1. The zero-order valence-corrected chi connectivity index (χ0v) is 43.6. The van der Waals surface area contributed by atoms with Crippen molar-refractivity contribution in [3.05, 3.63) is 48.6 Å². The third-order valence-corrected chi connectivity index (χ3v) is 13.1. The van der Waals surface area contributed by atoms with Crippen molar-refractivity contribution in [3.63, 3.8) is 0 Å². The van der Waals surface area contributed by atoms with E-state index in [1.807, 2.05) is 0 Å². The van der Waals surface area contributed by atoms with Crippen LogP contribution in [0.25, 0.3) is 0 Å². The number of hydrogen-bond acceptors (Lipinski definition) is 14. The molecule has 0 aromatic carbocycles. The molecule has 0 spiro atoms. The van der Waals surface area contributed by atoms with Crippen molar-refractivity contribution < 1.29 is 90.6 Å². The molecule has 0 bridgehead atoms. The van der Waals surface area contributed by atoms with Crippen molar-refractivity contribution >= 4 is 35.4 Å². The van der Waals surface area contributed by atoms with Gasteiger partial charge in [-0.25, -0.2) is 13.7 Å². The second kappa shape index (κ2) is 38.7. The smallest absolute Gasteiger partial charge is 0.462 e. The van der Waals surface area contributed by atoms with E-state index in [0.717, 1.165) is 96.3 Å². The highest BCUT2D eigenvalue weighted by molar-refractivity contribution is 7.47. The molecule has 69 heavy (non-hydrogen) atoms. The summed E-state index contributed by atoms with van der Waals surface area (Å²) in [5.41, 5.74) is 0. The predicted molar refractivity (Wildman–Crippen MR) is 261 cm³/mol. The van der Waals surface area contributed by atoms with Crippen molar-refractivity contribution in [2.24, 2.45) is 0 Å². The molecule has 1 aliphatic carbocycles. The summed E-state index contributed by atoms with van der Waals surface area (Å²) < 4.78 is 65.5. The van der Waals surface area contributed by atoms with Gasteiger partial charge in [-0.1, -0.05) is 140 Å². The summed E-state index contributed by atoms with van der Waals surface area (Å²) in [6.07, 6.45) is 25.4. The van der Waals surface area contributed by atoms with Crippen LogP contribution in [0.4, 0.5) is 0 Å². The maximum Gasteiger partial charge on any atom is 0.472 e. The Bertz CT molecular complexity index is 1630. The van der Waals surface area contributed by atoms with E-state index < -0.39 is 91.3 Å². The topological polar surface area (TPSA) is 303 Å². The van der Waals surface area contributed by atoms with Crippen LogP contribution in [0, 0.1) is 0 Å². The highest BCUT2D eigenvalue weighted by atomic mass is 31.2. The lowest BCUT2D eigenvalue weighted by Gasteiger charge is -2.44. The molecule has 402 valence electrons. The van der Waals surface area contributed by atoms with Crippen LogP contribution in [0.15, 0.2) is 48.6 Å². The fourth-order valence-electron chi connectivity index (χ4n) is 7.35. The molecule has 0 aromatic heterocycles. The van der Waals surface area contributed by atoms with Crippen LogP contribution in [0.3, 0.4) is 0 Å². The second-order valence-corrected chi connectivity index (χ2v) is 21.2. The number of unbranched alkanes of at least 4 members (excludes halogenated alkanes) is 18. The standard InChI is InChI=1S/C47H85O19P3/c1-3-5-7-9-11-13-15-17-19-20-22-23-25-27-29-31-33-35-40(48)61-37-39(63-41(49)36-34-32-30-28-26-24-21-18-16-14-12-10-8-6-4-2)38-62-69(59,60)66-45-42(50)43(51)46(64-67(53,54)55)47(44(45)52)65-68(56,57)58/h11,13-14,16-17,19,22-23,39,42-47,50-52H,3-10,12,15,18,20-21,24-38H2,1-2H3,(H,59,60)(H2,53,54,55)(H2,56,57,58)/t39-,42?,43?,44?,45+,46?,47+/m1/s1. The van der Waals surface area contributed by atoms with Gasteiger partial charge in [0.05, 0.1) is 6.61 Å². The summed E-state index contributed by atoms with van der Waals surface area (Å²) in [4.78, 5) is 73.3. The summed E-state index contributed by atoms with van der Waals surface area (Å²) in [7, 11) is -16.6. The van der Waals surface area contributed by atoms with Crippen LogP contribution in [0.5, 0.6) is 0 Å². The average Bonchev–Trinajstić information content (AvgIpc) is 3.28. The number of hydrogen-bond donors (Lipinski definition) is 8. The molecular formula is C47H85O19P3. The van der Waals surface area contributed by atoms with Gasteiger partial charge in [-0.15, -0.1) is 0 Å². The zero-order chi connectivity index (χ0) is 51.4. The van der Waals surface area contributed by atoms with Crippen LogP contribution in [-0.4, -0.2) is 108 Å². The molecule has 5 unspecified atom stereocenters. The zero-order valence-electron chi connectivity index (χ0n) is 40.9. The number of aliphatic hydroxyl groups is 3. The van der Waals surface area contributed by atoms with E-state index in [1.165, 1.54) is 44.9 Å². The molecule has 0 radical (unpaired) electrons. The molecule has 0 saturated heterocycles. The van der Waals surface area contributed by atoms with Crippen molar-refractivity contribution in [1.82, 2.24) is 0 Å². The lowest BCUT2D eigenvalue weighted by Crippen LogP contribution is -2.65. The van der Waals surface area contributed by atoms with Gasteiger partial charge in [0.1, 0.15) is 43.2 Å². The predicted octanol–water partition coefficient (Wildman–Crippen LogP) is 9.40. The third-order valence-electron chi connectivity index (χ3n) is 11.1. The van der Waals surface area contributed by atoms with Gasteiger partial charge < -0.3 is 49.3 Å². The molecule has 8 atom stereocenters. The molecule has 22 heteroatoms. The van der Waals surface area contributed by atoms with E-state index in [1.54, 1.807) is 0 Å². The third kappa shape index (κ3) is 35.0. The Morgan fingerprint density at radius 1 is 0.464 bits per heavy atom. The molecule has 1 rings (SSSR count). The summed E-state index contributed by atoms with van der Waals surface area (Å²) in [6.45, 7) is 2.89. The molecule has 0 amide bonds. The van der Waals surface area contributed by atoms with Gasteiger partial charge in [-0.2, -0.15) is 0 Å². The lowest BCUT2D eigenvalue weighted by atomic mass is 9.85. The van der Waals surface area contributed by atoms with E-state index in [9.17, 15) is 63.1 Å². The SMILES string of the molecule is CCCCCC=CCC=CCC=CCCCCCCC(=O)OC[C@H](COP(=O)(O)O[C@H]1C(O)C(O)C(OP(=O)(O)O)[C@@H](OP(=O)(O)O)C1O)OC(=O)CCCCCCCCCC=CCCCCCC. The fraction of sp³-hybridized carbons (Fsp3) is 0.787. The van der Waals surface area contributed by atoms with Crippen molar-refractivity contribution in [2.75, 3.05) is 13.2 Å². The van der Waals surface area contributed by atoms with E-state index in [2.05, 4.69) is 71.5 Å². The molecule has 1 saturated carbocycles. The minimum Gasteiger partial charge on any atom is -0.462 e. The van der Waals surface area contributed by atoms with Crippen LogP contribution in [-0.2, 0) is 50.9 Å². The average molecular weight is 1050 g/mol. The Morgan fingerprint density at radius 3 is 1.33 bits per heavy atom. The summed E-state index contributed by atoms with van der Waals surface area (Å²) in [5, 5.41) is 31.9. The van der Waals surface area contributed by atoms with E-state index in [0.29, 0.717) is 12.8 Å². The summed E-state index contributed by atoms with van der Waals surface area (Å²) >= 11 is 0. The van der Waals surface area contributed by atoms with Crippen LogP contribution in [0.2, 0.25) is 0 Å². The highest BCUT2D eigenvalue weighted by Crippen LogP contribution is 2.51. The van der Waals surface area contributed by atoms with Crippen molar-refractivity contribution in [3.8, 4) is 0 Å². The first-order valence-electron chi connectivity index (χ1n) is 24.9. The minimum absolute atomic E-state index is 0.0132. The van der Waals surface area contributed by atoms with Crippen LogP contribution >= 0.6 is 23.5 Å². The van der Waals surface area contributed by atoms with Gasteiger partial charge in [0.2, 0.25) is 0 Å². The van der Waals surface area contributed by atoms with Crippen molar-refractivity contribution in [1.29, 1.82) is 0 Å². The molecular weight excluding hydrogens is 961 g/mol. The van der Waals surface area contributed by atoms with E-state index in [-0.39, 0.29) is 12.8 Å². The van der Waals surface area contributed by atoms with Gasteiger partial charge in [0.25, 0.3) is 0 Å². The summed E-state index contributed by atoms with van der Waals surface area (Å²) in [6, 6.07) is 0. The van der Waals surface area contributed by atoms with E-state index in [4.69, 9.17) is 18.5 Å². The van der Waals surface area contributed by atoms with Gasteiger partial charge in [0.15, 0.2) is 6.10 Å². The van der Waals surface area contributed by atoms with Gasteiger partial charge >= 0.3 is 35.4 Å².